The van der Waals surface area contributed by atoms with Gasteiger partial charge in [0.15, 0.2) is 6.29 Å². The first-order valence-corrected chi connectivity index (χ1v) is 7.12. The van der Waals surface area contributed by atoms with Crippen LogP contribution in [-0.4, -0.2) is 37.4 Å². The molecule has 0 bridgehead atoms. The predicted octanol–water partition coefficient (Wildman–Crippen LogP) is 2.37. The van der Waals surface area contributed by atoms with Crippen molar-refractivity contribution in [3.63, 3.8) is 0 Å². The average molecular weight is 314 g/mol. The lowest BCUT2D eigenvalue weighted by Crippen LogP contribution is -2.26. The van der Waals surface area contributed by atoms with Gasteiger partial charge in [-0.1, -0.05) is 0 Å². The van der Waals surface area contributed by atoms with Crippen molar-refractivity contribution in [1.82, 2.24) is 10.3 Å². The summed E-state index contributed by atoms with van der Waals surface area (Å²) in [6, 6.07) is 10.0. The van der Waals surface area contributed by atoms with E-state index >= 15 is 0 Å². The smallest absolute Gasteiger partial charge is 0.251 e. The van der Waals surface area contributed by atoms with Gasteiger partial charge in [-0.2, -0.15) is 0 Å². The number of carbonyl (C=O) groups is 2. The number of pyridine rings is 1. The van der Waals surface area contributed by atoms with E-state index in [0.717, 1.165) is 6.29 Å². The van der Waals surface area contributed by atoms with Crippen LogP contribution in [-0.2, 0) is 4.74 Å². The number of amides is 1. The monoisotopic (exact) mass is 314 g/mol. The third-order valence-corrected chi connectivity index (χ3v) is 3.16. The molecule has 0 radical (unpaired) electrons. The summed E-state index contributed by atoms with van der Waals surface area (Å²) < 4.78 is 10.5. The lowest BCUT2D eigenvalue weighted by Gasteiger charge is -2.08. The van der Waals surface area contributed by atoms with Crippen LogP contribution < -0.4 is 10.1 Å². The Kier molecular flexibility index (Phi) is 5.82. The van der Waals surface area contributed by atoms with Crippen LogP contribution in [0.3, 0.4) is 0 Å². The van der Waals surface area contributed by atoms with Gasteiger partial charge >= 0.3 is 0 Å². The first kappa shape index (κ1) is 16.6. The fourth-order valence-electron chi connectivity index (χ4n) is 1.89. The lowest BCUT2D eigenvalue weighted by molar-refractivity contribution is 0.0937. The number of aldehydes is 1. The highest BCUT2D eigenvalue weighted by Gasteiger charge is 2.06. The van der Waals surface area contributed by atoms with Gasteiger partial charge in [0.05, 0.1) is 12.3 Å². The summed E-state index contributed by atoms with van der Waals surface area (Å²) in [6.07, 6.45) is 0.753. The van der Waals surface area contributed by atoms with Crippen molar-refractivity contribution in [2.75, 3.05) is 20.3 Å². The van der Waals surface area contributed by atoms with Gasteiger partial charge in [0.1, 0.15) is 5.75 Å². The molecular formula is C17H18N2O4. The van der Waals surface area contributed by atoms with E-state index in [0.29, 0.717) is 41.6 Å². The number of nitrogens with zero attached hydrogens (tertiary/aromatic N) is 1. The Labute approximate surface area is 134 Å². The molecule has 0 aliphatic heterocycles. The highest BCUT2D eigenvalue weighted by Crippen LogP contribution is 2.21. The Bertz CT molecular complexity index is 683. The Morgan fingerprint density at radius 2 is 1.96 bits per heavy atom. The first-order valence-electron chi connectivity index (χ1n) is 7.12. The molecule has 0 aliphatic carbocycles. The molecule has 120 valence electrons. The Hall–Kier alpha value is -2.73. The van der Waals surface area contributed by atoms with Gasteiger partial charge in [0, 0.05) is 30.8 Å². The lowest BCUT2D eigenvalue weighted by atomic mass is 10.2. The van der Waals surface area contributed by atoms with E-state index in [4.69, 9.17) is 9.47 Å². The molecule has 0 saturated carbocycles. The summed E-state index contributed by atoms with van der Waals surface area (Å²) in [4.78, 5) is 26.8. The number of rotatable bonds is 7. The van der Waals surface area contributed by atoms with Crippen molar-refractivity contribution < 1.29 is 19.1 Å². The molecule has 0 spiro atoms. The van der Waals surface area contributed by atoms with Gasteiger partial charge in [-0.25, -0.2) is 4.98 Å². The Balaban J connectivity index is 2.01. The molecule has 0 atom stereocenters. The molecule has 2 aromatic rings. The minimum atomic E-state index is -0.169. The number of carbonyl (C=O) groups excluding carboxylic acids is 2. The molecule has 1 aromatic heterocycles. The topological polar surface area (TPSA) is 77.5 Å². The molecule has 2 rings (SSSR count). The summed E-state index contributed by atoms with van der Waals surface area (Å²) in [5.74, 6) is 0.785. The molecular weight excluding hydrogens is 296 g/mol. The number of benzene rings is 1. The molecule has 0 unspecified atom stereocenters. The van der Waals surface area contributed by atoms with Gasteiger partial charge in [0.2, 0.25) is 5.88 Å². The molecule has 0 aliphatic rings. The van der Waals surface area contributed by atoms with Crippen LogP contribution in [0.5, 0.6) is 11.6 Å². The van der Waals surface area contributed by atoms with E-state index in [9.17, 15) is 9.59 Å². The zero-order valence-electron chi connectivity index (χ0n) is 13.0. The van der Waals surface area contributed by atoms with E-state index in [2.05, 4.69) is 10.3 Å². The third kappa shape index (κ3) is 4.62. The quantitative estimate of drug-likeness (QED) is 0.627. The van der Waals surface area contributed by atoms with Crippen LogP contribution in [0.25, 0.3) is 0 Å². The highest BCUT2D eigenvalue weighted by atomic mass is 16.5. The summed E-state index contributed by atoms with van der Waals surface area (Å²) >= 11 is 0. The van der Waals surface area contributed by atoms with Crippen LogP contribution in [0.2, 0.25) is 0 Å². The van der Waals surface area contributed by atoms with Crippen LogP contribution >= 0.6 is 0 Å². The predicted molar refractivity (Wildman–Crippen MR) is 85.1 cm³/mol. The third-order valence-electron chi connectivity index (χ3n) is 3.16. The van der Waals surface area contributed by atoms with E-state index in [1.54, 1.807) is 50.4 Å². The molecule has 1 aromatic carbocycles. The van der Waals surface area contributed by atoms with Crippen molar-refractivity contribution in [1.29, 1.82) is 0 Å². The Morgan fingerprint density at radius 1 is 1.22 bits per heavy atom. The molecule has 0 fully saturated rings. The second-order valence-corrected chi connectivity index (χ2v) is 4.82. The molecule has 1 N–H and O–H groups in total. The number of nitrogens with one attached hydrogen (secondary N) is 1. The summed E-state index contributed by atoms with van der Waals surface area (Å²) in [5.41, 5.74) is 1.67. The fraction of sp³-hybridized carbons (Fsp3) is 0.235. The van der Waals surface area contributed by atoms with Crippen molar-refractivity contribution in [2.24, 2.45) is 0 Å². The van der Waals surface area contributed by atoms with E-state index in [-0.39, 0.29) is 5.91 Å². The average Bonchev–Trinajstić information content (AvgIpc) is 2.56. The standard InChI is InChI=1S/C17H18N2O4/c1-12-14(11-20)5-8-16(19-12)23-15-6-3-13(4-7-15)17(21)18-9-10-22-2/h3-8,11H,9-10H2,1-2H3,(H,18,21). The summed E-state index contributed by atoms with van der Waals surface area (Å²) in [5, 5.41) is 2.74. The van der Waals surface area contributed by atoms with Gasteiger partial charge in [-0.15, -0.1) is 0 Å². The van der Waals surface area contributed by atoms with Crippen molar-refractivity contribution >= 4 is 12.2 Å². The molecule has 6 heteroatoms. The normalized spacial score (nSPS) is 10.2. The van der Waals surface area contributed by atoms with E-state index in [1.165, 1.54) is 0 Å². The zero-order chi connectivity index (χ0) is 16.7. The largest absolute Gasteiger partial charge is 0.439 e. The number of methoxy groups -OCH3 is 1. The van der Waals surface area contributed by atoms with Crippen molar-refractivity contribution in [2.45, 2.75) is 6.92 Å². The zero-order valence-corrected chi connectivity index (χ0v) is 13.0. The maximum absolute atomic E-state index is 11.9. The van der Waals surface area contributed by atoms with E-state index < -0.39 is 0 Å². The molecule has 23 heavy (non-hydrogen) atoms. The van der Waals surface area contributed by atoms with E-state index in [1.807, 2.05) is 0 Å². The summed E-state index contributed by atoms with van der Waals surface area (Å²) in [7, 11) is 1.58. The number of hydrogen-bond donors (Lipinski definition) is 1. The molecule has 1 heterocycles. The number of hydrogen-bond acceptors (Lipinski definition) is 5. The number of aromatic nitrogens is 1. The van der Waals surface area contributed by atoms with Gasteiger partial charge in [-0.05, 0) is 37.3 Å². The first-order chi connectivity index (χ1) is 11.1. The minimum absolute atomic E-state index is 0.169. The SMILES string of the molecule is COCCNC(=O)c1ccc(Oc2ccc(C=O)c(C)n2)cc1. The fourth-order valence-corrected chi connectivity index (χ4v) is 1.89. The molecule has 6 nitrogen and oxygen atoms in total. The van der Waals surface area contributed by atoms with Crippen LogP contribution in [0.4, 0.5) is 0 Å². The molecule has 0 saturated heterocycles. The van der Waals surface area contributed by atoms with Crippen LogP contribution in [0.1, 0.15) is 26.4 Å². The maximum atomic E-state index is 11.9. The van der Waals surface area contributed by atoms with Crippen LogP contribution in [0.15, 0.2) is 36.4 Å². The number of aryl methyl sites for hydroxylation is 1. The van der Waals surface area contributed by atoms with Gasteiger partial charge in [-0.3, -0.25) is 9.59 Å². The second kappa shape index (κ2) is 8.05. The van der Waals surface area contributed by atoms with Gasteiger partial charge in [0.25, 0.3) is 5.91 Å². The molecule has 1 amide bonds. The summed E-state index contributed by atoms with van der Waals surface area (Å²) in [6.45, 7) is 2.67. The minimum Gasteiger partial charge on any atom is -0.439 e. The van der Waals surface area contributed by atoms with Crippen molar-refractivity contribution in [3.8, 4) is 11.6 Å². The number of ether oxygens (including phenoxy) is 2. The second-order valence-electron chi connectivity index (χ2n) is 4.82. The van der Waals surface area contributed by atoms with Crippen molar-refractivity contribution in [3.05, 3.63) is 53.2 Å². The van der Waals surface area contributed by atoms with Gasteiger partial charge < -0.3 is 14.8 Å². The van der Waals surface area contributed by atoms with Crippen LogP contribution in [0, 0.1) is 6.92 Å². The highest BCUT2D eigenvalue weighted by molar-refractivity contribution is 5.94. The maximum Gasteiger partial charge on any atom is 0.251 e. The Morgan fingerprint density at radius 3 is 2.57 bits per heavy atom.